The Morgan fingerprint density at radius 2 is 1.83 bits per heavy atom. The fourth-order valence-corrected chi connectivity index (χ4v) is 3.09. The zero-order valence-electron chi connectivity index (χ0n) is 13.5. The number of hydrogen-bond acceptors (Lipinski definition) is 4. The molecule has 1 aliphatic rings. The number of aryl methyl sites for hydroxylation is 1. The molecule has 2 aromatic rings. The Hall–Kier alpha value is -2.89. The third kappa shape index (κ3) is 3.08. The Balaban J connectivity index is 1.92. The summed E-state index contributed by atoms with van der Waals surface area (Å²) < 4.78 is 0. The Morgan fingerprint density at radius 1 is 1.12 bits per heavy atom. The molecule has 6 nitrogen and oxygen atoms in total. The van der Waals surface area contributed by atoms with E-state index in [0.29, 0.717) is 11.3 Å². The lowest BCUT2D eigenvalue weighted by molar-refractivity contribution is -0.385. The molecule has 1 amide bonds. The van der Waals surface area contributed by atoms with E-state index in [1.54, 1.807) is 19.1 Å². The van der Waals surface area contributed by atoms with Crippen LogP contribution in [0.15, 0.2) is 42.5 Å². The van der Waals surface area contributed by atoms with Crippen molar-refractivity contribution in [2.24, 2.45) is 0 Å². The lowest BCUT2D eigenvalue weighted by Gasteiger charge is -2.21. The maximum Gasteiger partial charge on any atom is 0.285 e. The van der Waals surface area contributed by atoms with E-state index >= 15 is 0 Å². The molecule has 0 aromatic heterocycles. The summed E-state index contributed by atoms with van der Waals surface area (Å²) in [6.45, 7) is 3.54. The van der Waals surface area contributed by atoms with Crippen LogP contribution in [0.5, 0.6) is 0 Å². The number of carbonyl (C=O) groups is 1. The summed E-state index contributed by atoms with van der Waals surface area (Å²) in [5.41, 5.74) is 2.05. The van der Waals surface area contributed by atoms with Crippen LogP contribution in [-0.2, 0) is 0 Å². The van der Waals surface area contributed by atoms with Gasteiger partial charge < -0.3 is 10.2 Å². The molecule has 1 saturated heterocycles. The van der Waals surface area contributed by atoms with Gasteiger partial charge in [0.1, 0.15) is 5.56 Å². The topological polar surface area (TPSA) is 75.5 Å². The Morgan fingerprint density at radius 3 is 2.54 bits per heavy atom. The minimum Gasteiger partial charge on any atom is -0.370 e. The molecule has 2 aromatic carbocycles. The summed E-state index contributed by atoms with van der Waals surface area (Å²) in [4.78, 5) is 25.6. The van der Waals surface area contributed by atoms with Gasteiger partial charge in [0, 0.05) is 18.7 Å². The van der Waals surface area contributed by atoms with Gasteiger partial charge in [-0.1, -0.05) is 24.3 Å². The second kappa shape index (κ2) is 6.70. The summed E-state index contributed by atoms with van der Waals surface area (Å²) in [5, 5.41) is 14.1. The first-order valence-corrected chi connectivity index (χ1v) is 7.97. The van der Waals surface area contributed by atoms with Gasteiger partial charge in [-0.2, -0.15) is 0 Å². The third-order valence-electron chi connectivity index (χ3n) is 4.26. The molecule has 1 heterocycles. The average Bonchev–Trinajstić information content (AvgIpc) is 3.09. The van der Waals surface area contributed by atoms with Gasteiger partial charge in [-0.3, -0.25) is 14.9 Å². The standard InChI is InChI=1S/C18H19N3O3/c1-13-7-6-8-14(17(13)21(23)24)18(22)19-15-9-2-3-10-16(15)20-11-4-5-12-20/h2-3,6-10H,4-5,11-12H2,1H3,(H,19,22). The number of benzene rings is 2. The van der Waals surface area contributed by atoms with Crippen LogP contribution < -0.4 is 10.2 Å². The minimum atomic E-state index is -0.503. The van der Waals surface area contributed by atoms with Crippen molar-refractivity contribution in [3.8, 4) is 0 Å². The van der Waals surface area contributed by atoms with Crippen molar-refractivity contribution in [3.05, 3.63) is 63.7 Å². The second-order valence-corrected chi connectivity index (χ2v) is 5.89. The van der Waals surface area contributed by atoms with Crippen molar-refractivity contribution in [3.63, 3.8) is 0 Å². The van der Waals surface area contributed by atoms with Gasteiger partial charge in [-0.25, -0.2) is 0 Å². The van der Waals surface area contributed by atoms with Crippen molar-refractivity contribution in [1.82, 2.24) is 0 Å². The van der Waals surface area contributed by atoms with Crippen molar-refractivity contribution in [1.29, 1.82) is 0 Å². The van der Waals surface area contributed by atoms with Crippen molar-refractivity contribution >= 4 is 23.0 Å². The van der Waals surface area contributed by atoms with Crippen LogP contribution in [0.1, 0.15) is 28.8 Å². The van der Waals surface area contributed by atoms with Gasteiger partial charge in [-0.05, 0) is 38.0 Å². The molecule has 0 bridgehead atoms. The normalized spacial score (nSPS) is 13.8. The van der Waals surface area contributed by atoms with E-state index in [-0.39, 0.29) is 11.3 Å². The molecule has 1 N–H and O–H groups in total. The number of carbonyl (C=O) groups excluding carboxylic acids is 1. The first-order valence-electron chi connectivity index (χ1n) is 7.97. The summed E-state index contributed by atoms with van der Waals surface area (Å²) in [6.07, 6.45) is 2.26. The molecule has 24 heavy (non-hydrogen) atoms. The number of amides is 1. The monoisotopic (exact) mass is 325 g/mol. The van der Waals surface area contributed by atoms with E-state index in [9.17, 15) is 14.9 Å². The number of anilines is 2. The third-order valence-corrected chi connectivity index (χ3v) is 4.26. The van der Waals surface area contributed by atoms with E-state index in [2.05, 4.69) is 10.2 Å². The van der Waals surface area contributed by atoms with Crippen molar-refractivity contribution in [2.75, 3.05) is 23.3 Å². The summed E-state index contributed by atoms with van der Waals surface area (Å²) >= 11 is 0. The number of hydrogen-bond donors (Lipinski definition) is 1. The largest absolute Gasteiger partial charge is 0.370 e. The average molecular weight is 325 g/mol. The molecule has 0 radical (unpaired) electrons. The molecular formula is C18H19N3O3. The van der Waals surface area contributed by atoms with E-state index < -0.39 is 10.8 Å². The summed E-state index contributed by atoms with van der Waals surface area (Å²) in [7, 11) is 0. The van der Waals surface area contributed by atoms with Crippen LogP contribution in [0.25, 0.3) is 0 Å². The first kappa shape index (κ1) is 16.0. The van der Waals surface area contributed by atoms with Crippen LogP contribution in [0.2, 0.25) is 0 Å². The van der Waals surface area contributed by atoms with Gasteiger partial charge in [0.15, 0.2) is 0 Å². The van der Waals surface area contributed by atoms with Crippen LogP contribution in [0.3, 0.4) is 0 Å². The molecule has 124 valence electrons. The molecule has 6 heteroatoms. The number of nitro groups is 1. The Kier molecular flexibility index (Phi) is 4.46. The second-order valence-electron chi connectivity index (χ2n) is 5.89. The number of rotatable bonds is 4. The SMILES string of the molecule is Cc1cccc(C(=O)Nc2ccccc2N2CCCC2)c1[N+](=O)[O-]. The number of nitrogens with zero attached hydrogens (tertiary/aromatic N) is 2. The van der Waals surface area contributed by atoms with Crippen LogP contribution in [0, 0.1) is 17.0 Å². The van der Waals surface area contributed by atoms with Crippen LogP contribution in [-0.4, -0.2) is 23.9 Å². The van der Waals surface area contributed by atoms with Gasteiger partial charge in [0.2, 0.25) is 0 Å². The Labute approximate surface area is 140 Å². The van der Waals surface area contributed by atoms with Gasteiger partial charge in [0.05, 0.1) is 16.3 Å². The predicted octanol–water partition coefficient (Wildman–Crippen LogP) is 3.76. The molecule has 1 fully saturated rings. The highest BCUT2D eigenvalue weighted by atomic mass is 16.6. The van der Waals surface area contributed by atoms with Crippen molar-refractivity contribution in [2.45, 2.75) is 19.8 Å². The summed E-state index contributed by atoms with van der Waals surface area (Å²) in [6, 6.07) is 12.3. The van der Waals surface area contributed by atoms with E-state index in [1.807, 2.05) is 24.3 Å². The number of nitro benzene ring substituents is 1. The molecule has 0 saturated carbocycles. The molecule has 0 atom stereocenters. The number of nitrogens with one attached hydrogen (secondary N) is 1. The minimum absolute atomic E-state index is 0.0798. The molecular weight excluding hydrogens is 306 g/mol. The molecule has 1 aliphatic heterocycles. The van der Waals surface area contributed by atoms with Crippen LogP contribution >= 0.6 is 0 Å². The van der Waals surface area contributed by atoms with E-state index in [1.165, 1.54) is 6.07 Å². The van der Waals surface area contributed by atoms with Gasteiger partial charge >= 0.3 is 0 Å². The zero-order chi connectivity index (χ0) is 17.1. The smallest absolute Gasteiger partial charge is 0.285 e. The first-order chi connectivity index (χ1) is 11.6. The van der Waals surface area contributed by atoms with E-state index in [0.717, 1.165) is 31.6 Å². The van der Waals surface area contributed by atoms with Gasteiger partial charge in [-0.15, -0.1) is 0 Å². The lowest BCUT2D eigenvalue weighted by atomic mass is 10.1. The predicted molar refractivity (Wildman–Crippen MR) is 93.7 cm³/mol. The highest BCUT2D eigenvalue weighted by Crippen LogP contribution is 2.30. The molecule has 0 unspecified atom stereocenters. The molecule has 0 aliphatic carbocycles. The molecule has 0 spiro atoms. The maximum absolute atomic E-state index is 12.6. The lowest BCUT2D eigenvalue weighted by Crippen LogP contribution is -2.21. The highest BCUT2D eigenvalue weighted by molar-refractivity contribution is 6.08. The van der Waals surface area contributed by atoms with Gasteiger partial charge in [0.25, 0.3) is 11.6 Å². The van der Waals surface area contributed by atoms with Crippen LogP contribution in [0.4, 0.5) is 17.1 Å². The quantitative estimate of drug-likeness (QED) is 0.686. The highest BCUT2D eigenvalue weighted by Gasteiger charge is 2.23. The van der Waals surface area contributed by atoms with E-state index in [4.69, 9.17) is 0 Å². The van der Waals surface area contributed by atoms with Crippen molar-refractivity contribution < 1.29 is 9.72 Å². The fraction of sp³-hybridized carbons (Fsp3) is 0.278. The number of para-hydroxylation sites is 3. The zero-order valence-corrected chi connectivity index (χ0v) is 13.5. The summed E-state index contributed by atoms with van der Waals surface area (Å²) in [5.74, 6) is -0.461. The molecule has 3 rings (SSSR count). The fourth-order valence-electron chi connectivity index (χ4n) is 3.09. The maximum atomic E-state index is 12.6. The Bertz CT molecular complexity index is 783.